The molecule has 0 fully saturated rings. The molecular formula is C19H19NO6. The van der Waals surface area contributed by atoms with Gasteiger partial charge < -0.3 is 19.5 Å². The lowest BCUT2D eigenvalue weighted by Gasteiger charge is -2.10. The summed E-state index contributed by atoms with van der Waals surface area (Å²) in [6.07, 6.45) is 0. The molecule has 7 heteroatoms. The smallest absolute Gasteiger partial charge is 0.338 e. The van der Waals surface area contributed by atoms with E-state index in [2.05, 4.69) is 10.1 Å². The van der Waals surface area contributed by atoms with Crippen LogP contribution in [-0.4, -0.2) is 38.7 Å². The zero-order valence-electron chi connectivity index (χ0n) is 14.7. The lowest BCUT2D eigenvalue weighted by Crippen LogP contribution is -2.21. The van der Waals surface area contributed by atoms with E-state index in [-0.39, 0.29) is 5.56 Å². The van der Waals surface area contributed by atoms with Crippen molar-refractivity contribution in [2.75, 3.05) is 26.1 Å². The van der Waals surface area contributed by atoms with Gasteiger partial charge >= 0.3 is 11.9 Å². The Labute approximate surface area is 150 Å². The fourth-order valence-corrected chi connectivity index (χ4v) is 2.15. The first-order valence-corrected chi connectivity index (χ1v) is 7.74. The average Bonchev–Trinajstić information content (AvgIpc) is 2.67. The van der Waals surface area contributed by atoms with Crippen molar-refractivity contribution in [1.82, 2.24) is 0 Å². The summed E-state index contributed by atoms with van der Waals surface area (Å²) in [5, 5.41) is 2.61. The van der Waals surface area contributed by atoms with Crippen LogP contribution >= 0.6 is 0 Å². The Morgan fingerprint density at radius 3 is 2.38 bits per heavy atom. The van der Waals surface area contributed by atoms with Crippen LogP contribution in [0.4, 0.5) is 5.69 Å². The SMILES string of the molecule is COC(=O)c1ccc(C)c(NC(=O)COC(=O)c2cccc(OC)c2)c1. The van der Waals surface area contributed by atoms with E-state index in [0.717, 1.165) is 5.56 Å². The molecule has 0 unspecified atom stereocenters. The maximum Gasteiger partial charge on any atom is 0.338 e. The van der Waals surface area contributed by atoms with Crippen molar-refractivity contribution in [3.05, 3.63) is 59.2 Å². The molecule has 7 nitrogen and oxygen atoms in total. The fourth-order valence-electron chi connectivity index (χ4n) is 2.15. The topological polar surface area (TPSA) is 90.9 Å². The minimum atomic E-state index is -0.640. The number of amides is 1. The Hall–Kier alpha value is -3.35. The molecule has 136 valence electrons. The van der Waals surface area contributed by atoms with Gasteiger partial charge in [-0.25, -0.2) is 9.59 Å². The Morgan fingerprint density at radius 1 is 0.962 bits per heavy atom. The number of anilines is 1. The number of hydrogen-bond acceptors (Lipinski definition) is 6. The van der Waals surface area contributed by atoms with E-state index in [1.165, 1.54) is 26.4 Å². The molecule has 0 bridgehead atoms. The van der Waals surface area contributed by atoms with Crippen molar-refractivity contribution in [3.8, 4) is 5.75 Å². The Kier molecular flexibility index (Phi) is 6.32. The van der Waals surface area contributed by atoms with Crippen molar-refractivity contribution < 1.29 is 28.6 Å². The summed E-state index contributed by atoms with van der Waals surface area (Å²) >= 11 is 0. The molecular weight excluding hydrogens is 338 g/mol. The van der Waals surface area contributed by atoms with Crippen LogP contribution in [0.5, 0.6) is 5.75 Å². The van der Waals surface area contributed by atoms with Crippen molar-refractivity contribution in [3.63, 3.8) is 0 Å². The highest BCUT2D eigenvalue weighted by molar-refractivity contribution is 5.97. The second-order valence-electron chi connectivity index (χ2n) is 5.38. The molecule has 2 aromatic rings. The molecule has 0 heterocycles. The first-order chi connectivity index (χ1) is 12.4. The summed E-state index contributed by atoms with van der Waals surface area (Å²) < 4.78 is 14.7. The van der Waals surface area contributed by atoms with E-state index in [4.69, 9.17) is 9.47 Å². The zero-order valence-corrected chi connectivity index (χ0v) is 14.7. The monoisotopic (exact) mass is 357 g/mol. The number of aryl methyl sites for hydroxylation is 1. The number of hydrogen-bond donors (Lipinski definition) is 1. The molecule has 0 saturated carbocycles. The van der Waals surface area contributed by atoms with Gasteiger partial charge in [-0.3, -0.25) is 4.79 Å². The van der Waals surface area contributed by atoms with E-state index in [9.17, 15) is 14.4 Å². The Morgan fingerprint density at radius 2 is 1.69 bits per heavy atom. The molecule has 1 N–H and O–H groups in total. The first kappa shape index (κ1) is 19.0. The molecule has 2 rings (SSSR count). The summed E-state index contributed by atoms with van der Waals surface area (Å²) in [6.45, 7) is 1.32. The fraction of sp³-hybridized carbons (Fsp3) is 0.211. The normalized spacial score (nSPS) is 9.96. The third-order valence-corrected chi connectivity index (χ3v) is 3.57. The van der Waals surface area contributed by atoms with Gasteiger partial charge in [-0.15, -0.1) is 0 Å². The van der Waals surface area contributed by atoms with Crippen LogP contribution in [0.25, 0.3) is 0 Å². The van der Waals surface area contributed by atoms with Gasteiger partial charge in [0.1, 0.15) is 5.75 Å². The average molecular weight is 357 g/mol. The summed E-state index contributed by atoms with van der Waals surface area (Å²) in [5.41, 5.74) is 1.78. The van der Waals surface area contributed by atoms with Crippen LogP contribution in [0.3, 0.4) is 0 Å². The van der Waals surface area contributed by atoms with Gasteiger partial charge in [0.25, 0.3) is 5.91 Å². The van der Waals surface area contributed by atoms with Crippen LogP contribution < -0.4 is 10.1 Å². The van der Waals surface area contributed by atoms with Gasteiger partial charge in [-0.2, -0.15) is 0 Å². The summed E-state index contributed by atoms with van der Waals surface area (Å²) in [6, 6.07) is 11.2. The maximum absolute atomic E-state index is 12.0. The zero-order chi connectivity index (χ0) is 19.1. The van der Waals surface area contributed by atoms with Crippen molar-refractivity contribution in [1.29, 1.82) is 0 Å². The second-order valence-corrected chi connectivity index (χ2v) is 5.38. The van der Waals surface area contributed by atoms with Gasteiger partial charge in [0.05, 0.1) is 25.3 Å². The van der Waals surface area contributed by atoms with E-state index in [1.807, 2.05) is 0 Å². The number of carbonyl (C=O) groups excluding carboxylic acids is 3. The quantitative estimate of drug-likeness (QED) is 0.799. The van der Waals surface area contributed by atoms with E-state index < -0.39 is 24.5 Å². The Bertz CT molecular complexity index is 831. The first-order valence-electron chi connectivity index (χ1n) is 7.74. The highest BCUT2D eigenvalue weighted by Crippen LogP contribution is 2.18. The molecule has 0 atom stereocenters. The maximum atomic E-state index is 12.0. The highest BCUT2D eigenvalue weighted by Gasteiger charge is 2.13. The molecule has 26 heavy (non-hydrogen) atoms. The van der Waals surface area contributed by atoms with Crippen LogP contribution in [0.1, 0.15) is 26.3 Å². The number of carbonyl (C=O) groups is 3. The molecule has 2 aromatic carbocycles. The van der Waals surface area contributed by atoms with Crippen LogP contribution in [-0.2, 0) is 14.3 Å². The van der Waals surface area contributed by atoms with Gasteiger partial charge in [-0.05, 0) is 42.8 Å². The molecule has 0 radical (unpaired) electrons. The minimum Gasteiger partial charge on any atom is -0.497 e. The van der Waals surface area contributed by atoms with Crippen LogP contribution in [0.15, 0.2) is 42.5 Å². The van der Waals surface area contributed by atoms with Gasteiger partial charge in [0, 0.05) is 5.69 Å². The molecule has 0 saturated heterocycles. The van der Waals surface area contributed by atoms with E-state index >= 15 is 0 Å². The molecule has 0 aliphatic rings. The van der Waals surface area contributed by atoms with E-state index in [1.54, 1.807) is 37.3 Å². The number of rotatable bonds is 6. The van der Waals surface area contributed by atoms with Crippen molar-refractivity contribution in [2.45, 2.75) is 6.92 Å². The van der Waals surface area contributed by atoms with Gasteiger partial charge in [0.2, 0.25) is 0 Å². The number of esters is 2. The van der Waals surface area contributed by atoms with Crippen molar-refractivity contribution in [2.24, 2.45) is 0 Å². The Balaban J connectivity index is 1.98. The summed E-state index contributed by atoms with van der Waals surface area (Å²) in [7, 11) is 2.77. The predicted molar refractivity (Wildman–Crippen MR) is 94.4 cm³/mol. The third kappa shape index (κ3) is 4.83. The molecule has 0 aliphatic heterocycles. The molecule has 0 aliphatic carbocycles. The predicted octanol–water partition coefficient (Wildman–Crippen LogP) is 2.59. The van der Waals surface area contributed by atoms with Crippen molar-refractivity contribution >= 4 is 23.5 Å². The minimum absolute atomic E-state index is 0.279. The number of methoxy groups -OCH3 is 2. The van der Waals surface area contributed by atoms with Crippen LogP contribution in [0, 0.1) is 6.92 Å². The lowest BCUT2D eigenvalue weighted by atomic mass is 10.1. The number of nitrogens with one attached hydrogen (secondary N) is 1. The highest BCUT2D eigenvalue weighted by atomic mass is 16.5. The summed E-state index contributed by atoms with van der Waals surface area (Å²) in [5.74, 6) is -1.16. The standard InChI is InChI=1S/C19H19NO6/c1-12-7-8-14(18(22)25-3)10-16(12)20-17(21)11-26-19(23)13-5-4-6-15(9-13)24-2/h4-10H,11H2,1-3H3,(H,20,21). The third-order valence-electron chi connectivity index (χ3n) is 3.57. The van der Waals surface area contributed by atoms with E-state index in [0.29, 0.717) is 17.0 Å². The number of ether oxygens (including phenoxy) is 3. The number of benzene rings is 2. The largest absolute Gasteiger partial charge is 0.497 e. The molecule has 0 aromatic heterocycles. The molecule has 0 spiro atoms. The summed E-state index contributed by atoms with van der Waals surface area (Å²) in [4.78, 5) is 35.6. The van der Waals surface area contributed by atoms with Gasteiger partial charge in [0.15, 0.2) is 6.61 Å². The lowest BCUT2D eigenvalue weighted by molar-refractivity contribution is -0.119. The molecule has 1 amide bonds. The van der Waals surface area contributed by atoms with Crippen LogP contribution in [0.2, 0.25) is 0 Å². The van der Waals surface area contributed by atoms with Gasteiger partial charge in [-0.1, -0.05) is 12.1 Å². The second kappa shape index (κ2) is 8.66.